The van der Waals surface area contributed by atoms with Gasteiger partial charge in [-0.2, -0.15) is 5.10 Å². The van der Waals surface area contributed by atoms with Crippen molar-refractivity contribution in [3.05, 3.63) is 53.7 Å². The maximum absolute atomic E-state index is 5.26. The normalized spacial score (nSPS) is 14.8. The van der Waals surface area contributed by atoms with E-state index in [4.69, 9.17) is 9.84 Å². The van der Waals surface area contributed by atoms with Crippen LogP contribution in [0.25, 0.3) is 10.9 Å². The number of hydrogen-bond donors (Lipinski definition) is 1. The average Bonchev–Trinajstić information content (AvgIpc) is 3.06. The van der Waals surface area contributed by atoms with Gasteiger partial charge in [-0.1, -0.05) is 19.1 Å². The van der Waals surface area contributed by atoms with Gasteiger partial charge in [0.1, 0.15) is 5.75 Å². The van der Waals surface area contributed by atoms with Crippen molar-refractivity contribution in [1.82, 2.24) is 15.1 Å². The summed E-state index contributed by atoms with van der Waals surface area (Å²) in [5, 5.41) is 9.57. The van der Waals surface area contributed by atoms with Gasteiger partial charge < -0.3 is 15.0 Å². The number of ether oxygens (including phenoxy) is 1. The standard InChI is InChI=1S/C21H26N4O/c1-3-20-19-9-6-17(24-12-10-22-11-13-24)14-21(19)25(23-20)15-16-4-7-18(26-2)8-5-16/h4-9,14,22H,3,10-13,15H2,1-2H3. The van der Waals surface area contributed by atoms with E-state index >= 15 is 0 Å². The minimum atomic E-state index is 0.769. The van der Waals surface area contributed by atoms with Gasteiger partial charge in [-0.25, -0.2) is 0 Å². The number of aromatic nitrogens is 2. The van der Waals surface area contributed by atoms with Crippen molar-refractivity contribution in [2.75, 3.05) is 38.2 Å². The van der Waals surface area contributed by atoms with Gasteiger partial charge in [0.25, 0.3) is 0 Å². The summed E-state index contributed by atoms with van der Waals surface area (Å²) < 4.78 is 7.40. The summed E-state index contributed by atoms with van der Waals surface area (Å²) in [5.41, 5.74) is 4.90. The van der Waals surface area contributed by atoms with Gasteiger partial charge in [-0.3, -0.25) is 4.68 Å². The fraction of sp³-hybridized carbons (Fsp3) is 0.381. The first-order valence-electron chi connectivity index (χ1n) is 9.36. The Hall–Kier alpha value is -2.53. The number of piperazine rings is 1. The topological polar surface area (TPSA) is 42.3 Å². The Morgan fingerprint density at radius 2 is 1.85 bits per heavy atom. The summed E-state index contributed by atoms with van der Waals surface area (Å²) in [5.74, 6) is 0.884. The number of benzene rings is 2. The molecule has 136 valence electrons. The molecule has 0 bridgehead atoms. The van der Waals surface area contributed by atoms with Crippen molar-refractivity contribution in [2.24, 2.45) is 0 Å². The van der Waals surface area contributed by atoms with Crippen LogP contribution in [0, 0.1) is 0 Å². The monoisotopic (exact) mass is 350 g/mol. The lowest BCUT2D eigenvalue weighted by molar-refractivity contribution is 0.414. The van der Waals surface area contributed by atoms with Gasteiger partial charge in [-0.05, 0) is 42.3 Å². The molecule has 1 aliphatic heterocycles. The molecule has 0 unspecified atom stereocenters. The van der Waals surface area contributed by atoms with Crippen LogP contribution in [-0.4, -0.2) is 43.1 Å². The second-order valence-corrected chi connectivity index (χ2v) is 6.74. The van der Waals surface area contributed by atoms with Crippen molar-refractivity contribution in [1.29, 1.82) is 0 Å². The van der Waals surface area contributed by atoms with Crippen LogP contribution in [0.15, 0.2) is 42.5 Å². The Morgan fingerprint density at radius 3 is 2.54 bits per heavy atom. The molecule has 0 spiro atoms. The van der Waals surface area contributed by atoms with Crippen molar-refractivity contribution >= 4 is 16.6 Å². The molecule has 1 N–H and O–H groups in total. The van der Waals surface area contributed by atoms with Crippen LogP contribution in [0.4, 0.5) is 5.69 Å². The van der Waals surface area contributed by atoms with Gasteiger partial charge in [-0.15, -0.1) is 0 Å². The van der Waals surface area contributed by atoms with E-state index in [1.165, 1.54) is 27.8 Å². The Kier molecular flexibility index (Phi) is 4.80. The lowest BCUT2D eigenvalue weighted by Gasteiger charge is -2.29. The number of nitrogens with zero attached hydrogens (tertiary/aromatic N) is 3. The number of hydrogen-bond acceptors (Lipinski definition) is 4. The SMILES string of the molecule is CCc1nn(Cc2ccc(OC)cc2)c2cc(N3CCNCC3)ccc12. The van der Waals surface area contributed by atoms with Crippen molar-refractivity contribution in [3.63, 3.8) is 0 Å². The Bertz CT molecular complexity index is 879. The Balaban J connectivity index is 1.69. The maximum Gasteiger partial charge on any atom is 0.118 e. The number of methoxy groups -OCH3 is 1. The largest absolute Gasteiger partial charge is 0.497 e. The molecule has 26 heavy (non-hydrogen) atoms. The molecular formula is C21H26N4O. The van der Waals surface area contributed by atoms with Crippen molar-refractivity contribution < 1.29 is 4.74 Å². The molecule has 5 nitrogen and oxygen atoms in total. The van der Waals surface area contributed by atoms with Crippen LogP contribution in [-0.2, 0) is 13.0 Å². The molecule has 1 aromatic heterocycles. The van der Waals surface area contributed by atoms with Gasteiger partial charge >= 0.3 is 0 Å². The molecular weight excluding hydrogens is 324 g/mol. The molecule has 4 rings (SSSR count). The van der Waals surface area contributed by atoms with Crippen LogP contribution < -0.4 is 15.0 Å². The third-order valence-corrected chi connectivity index (χ3v) is 5.12. The van der Waals surface area contributed by atoms with Crippen LogP contribution in [0.5, 0.6) is 5.75 Å². The number of rotatable bonds is 5. The lowest BCUT2D eigenvalue weighted by atomic mass is 10.1. The zero-order chi connectivity index (χ0) is 17.9. The zero-order valence-corrected chi connectivity index (χ0v) is 15.5. The maximum atomic E-state index is 5.26. The highest BCUT2D eigenvalue weighted by molar-refractivity contribution is 5.85. The predicted octanol–water partition coefficient (Wildman–Crippen LogP) is 3.07. The number of nitrogens with one attached hydrogen (secondary N) is 1. The highest BCUT2D eigenvalue weighted by Gasteiger charge is 2.15. The third kappa shape index (κ3) is 3.27. The lowest BCUT2D eigenvalue weighted by Crippen LogP contribution is -2.43. The van der Waals surface area contributed by atoms with E-state index in [0.29, 0.717) is 0 Å². The Labute approximate surface area is 154 Å². The average molecular weight is 350 g/mol. The molecule has 0 atom stereocenters. The van der Waals surface area contributed by atoms with E-state index in [0.717, 1.165) is 44.9 Å². The number of fused-ring (bicyclic) bond motifs is 1. The number of aryl methyl sites for hydroxylation is 1. The molecule has 0 amide bonds. The van der Waals surface area contributed by atoms with Crippen LogP contribution in [0.3, 0.4) is 0 Å². The van der Waals surface area contributed by atoms with E-state index in [9.17, 15) is 0 Å². The van der Waals surface area contributed by atoms with E-state index in [1.807, 2.05) is 12.1 Å². The summed E-state index contributed by atoms with van der Waals surface area (Å²) >= 11 is 0. The molecule has 2 heterocycles. The summed E-state index contributed by atoms with van der Waals surface area (Å²) in [6.07, 6.45) is 0.944. The molecule has 1 saturated heterocycles. The van der Waals surface area contributed by atoms with Gasteiger partial charge in [0.15, 0.2) is 0 Å². The highest BCUT2D eigenvalue weighted by atomic mass is 16.5. The number of anilines is 1. The quantitative estimate of drug-likeness (QED) is 0.768. The Morgan fingerprint density at radius 1 is 1.08 bits per heavy atom. The summed E-state index contributed by atoms with van der Waals surface area (Å²) in [7, 11) is 1.70. The van der Waals surface area contributed by atoms with Crippen LogP contribution in [0.2, 0.25) is 0 Å². The molecule has 1 fully saturated rings. The van der Waals surface area contributed by atoms with Crippen LogP contribution >= 0.6 is 0 Å². The van der Waals surface area contributed by atoms with Gasteiger partial charge in [0.2, 0.25) is 0 Å². The first kappa shape index (κ1) is 16.9. The smallest absolute Gasteiger partial charge is 0.118 e. The van der Waals surface area contributed by atoms with Crippen molar-refractivity contribution in [2.45, 2.75) is 19.9 Å². The fourth-order valence-electron chi connectivity index (χ4n) is 3.64. The summed E-state index contributed by atoms with van der Waals surface area (Å²) in [6, 6.07) is 15.0. The minimum Gasteiger partial charge on any atom is -0.497 e. The molecule has 5 heteroatoms. The summed E-state index contributed by atoms with van der Waals surface area (Å²) in [4.78, 5) is 2.45. The molecule has 0 radical (unpaired) electrons. The first-order chi connectivity index (χ1) is 12.8. The fourth-order valence-corrected chi connectivity index (χ4v) is 3.64. The second kappa shape index (κ2) is 7.38. The van der Waals surface area contributed by atoms with E-state index < -0.39 is 0 Å². The first-order valence-corrected chi connectivity index (χ1v) is 9.36. The molecule has 0 saturated carbocycles. The molecule has 0 aliphatic carbocycles. The van der Waals surface area contributed by atoms with Gasteiger partial charge in [0.05, 0.1) is 24.9 Å². The molecule has 2 aromatic carbocycles. The zero-order valence-electron chi connectivity index (χ0n) is 15.5. The second-order valence-electron chi connectivity index (χ2n) is 6.74. The third-order valence-electron chi connectivity index (χ3n) is 5.12. The van der Waals surface area contributed by atoms with E-state index in [2.05, 4.69) is 52.2 Å². The molecule has 1 aliphatic rings. The van der Waals surface area contributed by atoms with Crippen LogP contribution in [0.1, 0.15) is 18.2 Å². The van der Waals surface area contributed by atoms with E-state index in [-0.39, 0.29) is 0 Å². The minimum absolute atomic E-state index is 0.769. The predicted molar refractivity (Wildman–Crippen MR) is 106 cm³/mol. The highest BCUT2D eigenvalue weighted by Crippen LogP contribution is 2.26. The van der Waals surface area contributed by atoms with Crippen molar-refractivity contribution in [3.8, 4) is 5.75 Å². The summed E-state index contributed by atoms with van der Waals surface area (Å²) in [6.45, 7) is 7.14. The van der Waals surface area contributed by atoms with E-state index in [1.54, 1.807) is 7.11 Å². The molecule has 3 aromatic rings. The van der Waals surface area contributed by atoms with Gasteiger partial charge in [0, 0.05) is 37.3 Å².